The average molecular weight is 351 g/mol. The van der Waals surface area contributed by atoms with Crippen molar-refractivity contribution >= 4 is 17.3 Å². The molecule has 0 aliphatic carbocycles. The summed E-state index contributed by atoms with van der Waals surface area (Å²) in [6.07, 6.45) is -0.189. The predicted molar refractivity (Wildman–Crippen MR) is 91.3 cm³/mol. The summed E-state index contributed by atoms with van der Waals surface area (Å²) in [5, 5.41) is 0.777. The maximum absolute atomic E-state index is 12.3. The highest BCUT2D eigenvalue weighted by molar-refractivity contribution is 7.17. The molecule has 0 atom stereocenters. The van der Waals surface area contributed by atoms with Gasteiger partial charge >= 0.3 is 5.97 Å². The lowest BCUT2D eigenvalue weighted by atomic mass is 10.1. The van der Waals surface area contributed by atoms with Crippen molar-refractivity contribution in [3.63, 3.8) is 0 Å². The van der Waals surface area contributed by atoms with Gasteiger partial charge in [-0.15, -0.1) is 11.3 Å². The molecule has 0 amide bonds. The highest BCUT2D eigenvalue weighted by Gasteiger charge is 2.17. The van der Waals surface area contributed by atoms with E-state index in [9.17, 15) is 13.6 Å². The van der Waals surface area contributed by atoms with Gasteiger partial charge in [0.2, 0.25) is 0 Å². The van der Waals surface area contributed by atoms with E-state index in [2.05, 4.69) is 4.98 Å². The lowest BCUT2D eigenvalue weighted by Crippen LogP contribution is -2.06. The fourth-order valence-corrected chi connectivity index (χ4v) is 3.07. The molecule has 0 saturated heterocycles. The second-order valence-electron chi connectivity index (χ2n) is 5.43. The average Bonchev–Trinajstić information content (AvgIpc) is 2.97. The molecule has 128 valence electrons. The number of allylic oxidation sites excluding steroid dienone is 1. The number of halogens is 2. The van der Waals surface area contributed by atoms with Crippen molar-refractivity contribution in [3.05, 3.63) is 52.6 Å². The summed E-state index contributed by atoms with van der Waals surface area (Å²) in [4.78, 5) is 17.0. The fourth-order valence-electron chi connectivity index (χ4n) is 2.11. The molecule has 0 bridgehead atoms. The number of carbonyl (C=O) groups excluding carboxylic acids is 1. The Morgan fingerprint density at radius 3 is 2.58 bits per heavy atom. The summed E-state index contributed by atoms with van der Waals surface area (Å²) < 4.78 is 29.8. The molecule has 0 N–H and O–H groups in total. The van der Waals surface area contributed by atoms with Crippen LogP contribution in [0.4, 0.5) is 8.78 Å². The van der Waals surface area contributed by atoms with E-state index in [1.807, 2.05) is 30.3 Å². The fraction of sp³-hybridized carbons (Fsp3) is 0.333. The van der Waals surface area contributed by atoms with Gasteiger partial charge in [-0.05, 0) is 38.7 Å². The normalized spacial score (nSPS) is 10.5. The van der Waals surface area contributed by atoms with Crippen LogP contribution in [0.2, 0.25) is 0 Å². The number of unbranched alkanes of at least 4 members (excludes halogenated alkanes) is 1. The molecule has 6 heteroatoms. The monoisotopic (exact) mass is 351 g/mol. The number of benzene rings is 1. The van der Waals surface area contributed by atoms with E-state index in [0.717, 1.165) is 10.6 Å². The lowest BCUT2D eigenvalue weighted by molar-refractivity contribution is 0.0503. The van der Waals surface area contributed by atoms with Gasteiger partial charge in [-0.1, -0.05) is 30.3 Å². The van der Waals surface area contributed by atoms with E-state index >= 15 is 0 Å². The van der Waals surface area contributed by atoms with E-state index in [-0.39, 0.29) is 12.2 Å². The molecular weight excluding hydrogens is 332 g/mol. The third-order valence-electron chi connectivity index (χ3n) is 3.50. The van der Waals surface area contributed by atoms with E-state index in [0.29, 0.717) is 29.8 Å². The summed E-state index contributed by atoms with van der Waals surface area (Å²) in [6.45, 7) is 3.41. The Morgan fingerprint density at radius 1 is 1.21 bits per heavy atom. The molecular formula is C18H19F2NO2S. The maximum Gasteiger partial charge on any atom is 0.350 e. The highest BCUT2D eigenvalue weighted by Crippen LogP contribution is 2.28. The number of aryl methyl sites for hydroxylation is 1. The largest absolute Gasteiger partial charge is 0.461 e. The SMILES string of the molecule is CC(CCCCOC(=O)c1sc(-c2ccccc2)nc1C)=C(F)F. The van der Waals surface area contributed by atoms with E-state index in [1.54, 1.807) is 6.92 Å². The number of hydrogen-bond acceptors (Lipinski definition) is 4. The first-order chi connectivity index (χ1) is 11.5. The topological polar surface area (TPSA) is 39.2 Å². The van der Waals surface area contributed by atoms with Gasteiger partial charge in [-0.3, -0.25) is 0 Å². The highest BCUT2D eigenvalue weighted by atomic mass is 32.1. The summed E-state index contributed by atoms with van der Waals surface area (Å²) in [5.41, 5.74) is 1.69. The summed E-state index contributed by atoms with van der Waals surface area (Å²) in [5.74, 6) is -0.406. The first-order valence-electron chi connectivity index (χ1n) is 7.69. The number of thiazole rings is 1. The molecule has 0 fully saturated rings. The number of hydrogen-bond donors (Lipinski definition) is 0. The van der Waals surface area contributed by atoms with E-state index in [1.165, 1.54) is 18.3 Å². The van der Waals surface area contributed by atoms with Crippen molar-refractivity contribution in [2.24, 2.45) is 0 Å². The second kappa shape index (κ2) is 8.68. The zero-order chi connectivity index (χ0) is 17.5. The molecule has 3 nitrogen and oxygen atoms in total. The first-order valence-corrected chi connectivity index (χ1v) is 8.51. The van der Waals surface area contributed by atoms with Crippen LogP contribution in [0.15, 0.2) is 42.0 Å². The van der Waals surface area contributed by atoms with Gasteiger partial charge < -0.3 is 4.74 Å². The van der Waals surface area contributed by atoms with Crippen LogP contribution in [0.25, 0.3) is 10.6 Å². The molecule has 1 aromatic heterocycles. The van der Waals surface area contributed by atoms with Crippen LogP contribution in [-0.2, 0) is 4.74 Å². The van der Waals surface area contributed by atoms with Gasteiger partial charge in [-0.25, -0.2) is 9.78 Å². The Bertz CT molecular complexity index is 722. The van der Waals surface area contributed by atoms with Gasteiger partial charge in [0, 0.05) is 5.56 Å². The molecule has 0 unspecified atom stereocenters. The molecule has 2 rings (SSSR count). The van der Waals surface area contributed by atoms with Gasteiger partial charge in [0.05, 0.1) is 12.3 Å². The molecule has 2 aromatic rings. The zero-order valence-corrected chi connectivity index (χ0v) is 14.5. The molecule has 1 heterocycles. The third kappa shape index (κ3) is 4.96. The van der Waals surface area contributed by atoms with Crippen molar-refractivity contribution < 1.29 is 18.3 Å². The van der Waals surface area contributed by atoms with E-state index in [4.69, 9.17) is 4.74 Å². The van der Waals surface area contributed by atoms with Gasteiger partial charge in [0.15, 0.2) is 0 Å². The number of nitrogens with zero attached hydrogens (tertiary/aromatic N) is 1. The van der Waals surface area contributed by atoms with Crippen molar-refractivity contribution in [1.82, 2.24) is 4.98 Å². The number of rotatable bonds is 7. The summed E-state index contributed by atoms with van der Waals surface area (Å²) >= 11 is 1.30. The Kier molecular flexibility index (Phi) is 6.61. The predicted octanol–water partition coefficient (Wildman–Crippen LogP) is 5.62. The molecule has 0 radical (unpaired) electrons. The van der Waals surface area contributed by atoms with Crippen LogP contribution in [-0.4, -0.2) is 17.6 Å². The van der Waals surface area contributed by atoms with Gasteiger partial charge in [-0.2, -0.15) is 8.78 Å². The van der Waals surface area contributed by atoms with Gasteiger partial charge in [0.25, 0.3) is 6.08 Å². The number of carbonyl (C=O) groups is 1. The van der Waals surface area contributed by atoms with Gasteiger partial charge in [0.1, 0.15) is 9.88 Å². The Labute approximate surface area is 144 Å². The van der Waals surface area contributed by atoms with Crippen LogP contribution in [0.5, 0.6) is 0 Å². The quantitative estimate of drug-likeness (QED) is 0.480. The molecule has 0 aliphatic rings. The summed E-state index contributed by atoms with van der Waals surface area (Å²) in [6, 6.07) is 9.63. The van der Waals surface area contributed by atoms with Crippen LogP contribution in [0, 0.1) is 6.92 Å². The first kappa shape index (κ1) is 18.3. The Balaban J connectivity index is 1.87. The van der Waals surface area contributed by atoms with Crippen LogP contribution >= 0.6 is 11.3 Å². The van der Waals surface area contributed by atoms with Crippen molar-refractivity contribution in [1.29, 1.82) is 0 Å². The minimum Gasteiger partial charge on any atom is -0.461 e. The second-order valence-corrected chi connectivity index (χ2v) is 6.43. The lowest BCUT2D eigenvalue weighted by Gasteiger charge is -2.04. The third-order valence-corrected chi connectivity index (χ3v) is 4.69. The molecule has 0 saturated carbocycles. The number of aromatic nitrogens is 1. The molecule has 0 aliphatic heterocycles. The standard InChI is InChI=1S/C18H19F2NO2S/c1-12(16(19)20)8-6-7-11-23-18(22)15-13(2)21-17(24-15)14-9-4-3-5-10-14/h3-5,9-10H,6-8,11H2,1-2H3. The summed E-state index contributed by atoms with van der Waals surface area (Å²) in [7, 11) is 0. The molecule has 0 spiro atoms. The number of ether oxygens (including phenoxy) is 1. The van der Waals surface area contributed by atoms with Crippen LogP contribution < -0.4 is 0 Å². The minimum absolute atomic E-state index is 0.0899. The van der Waals surface area contributed by atoms with Crippen LogP contribution in [0.3, 0.4) is 0 Å². The maximum atomic E-state index is 12.3. The Morgan fingerprint density at radius 2 is 1.92 bits per heavy atom. The number of esters is 1. The van der Waals surface area contributed by atoms with Crippen molar-refractivity contribution in [3.8, 4) is 10.6 Å². The minimum atomic E-state index is -1.62. The smallest absolute Gasteiger partial charge is 0.350 e. The van der Waals surface area contributed by atoms with Crippen molar-refractivity contribution in [2.45, 2.75) is 33.1 Å². The van der Waals surface area contributed by atoms with Crippen molar-refractivity contribution in [2.75, 3.05) is 6.61 Å². The van der Waals surface area contributed by atoms with E-state index < -0.39 is 12.0 Å². The zero-order valence-electron chi connectivity index (χ0n) is 13.6. The van der Waals surface area contributed by atoms with Crippen LogP contribution in [0.1, 0.15) is 41.6 Å². The molecule has 1 aromatic carbocycles. The molecule has 24 heavy (non-hydrogen) atoms. The Hall–Kier alpha value is -2.08.